The summed E-state index contributed by atoms with van der Waals surface area (Å²) < 4.78 is 10.9. The minimum absolute atomic E-state index is 0.0731. The van der Waals surface area contributed by atoms with Crippen LogP contribution in [-0.2, 0) is 4.79 Å². The van der Waals surface area contributed by atoms with Crippen LogP contribution in [0.5, 0.6) is 11.5 Å². The third-order valence-corrected chi connectivity index (χ3v) is 6.51. The summed E-state index contributed by atoms with van der Waals surface area (Å²) in [6, 6.07) is 10.3. The lowest BCUT2D eigenvalue weighted by atomic mass is 9.87. The molecule has 1 saturated heterocycles. The fraction of sp³-hybridized carbons (Fsp3) is 0.440. The summed E-state index contributed by atoms with van der Waals surface area (Å²) in [5.41, 5.74) is 1.22. The summed E-state index contributed by atoms with van der Waals surface area (Å²) in [6.45, 7) is 5.47. The molecule has 0 spiro atoms. The summed E-state index contributed by atoms with van der Waals surface area (Å²) in [7, 11) is 3.17. The van der Waals surface area contributed by atoms with Crippen LogP contribution < -0.4 is 14.8 Å². The first-order valence-corrected chi connectivity index (χ1v) is 11.7. The van der Waals surface area contributed by atoms with Crippen LogP contribution in [0.15, 0.2) is 36.4 Å². The lowest BCUT2D eigenvalue weighted by Gasteiger charge is -2.21. The van der Waals surface area contributed by atoms with Gasteiger partial charge in [0.25, 0.3) is 5.91 Å². The number of methoxy groups -OCH3 is 2. The Morgan fingerprint density at radius 1 is 1.09 bits per heavy atom. The Kier molecular flexibility index (Phi) is 8.49. The molecule has 6 nitrogen and oxygen atoms in total. The molecule has 8 heteroatoms. The molecule has 2 atom stereocenters. The number of likely N-dealkylation sites (tertiary alicyclic amines) is 1. The SMILES string of the molecule is COc1ccc([C@H]2CN(C(=O)c3ccc(Cl)cc3Cl)C[C@@H]2C(=O)NCCC(C)C)c(OC)c1. The van der Waals surface area contributed by atoms with E-state index < -0.39 is 5.92 Å². The maximum atomic E-state index is 13.3. The maximum absolute atomic E-state index is 13.3. The van der Waals surface area contributed by atoms with Gasteiger partial charge in [0.15, 0.2) is 0 Å². The molecule has 0 bridgehead atoms. The highest BCUT2D eigenvalue weighted by Crippen LogP contribution is 2.40. The predicted molar refractivity (Wildman–Crippen MR) is 131 cm³/mol. The highest BCUT2D eigenvalue weighted by atomic mass is 35.5. The van der Waals surface area contributed by atoms with Crippen molar-refractivity contribution in [2.24, 2.45) is 11.8 Å². The molecular formula is C25H30Cl2N2O4. The van der Waals surface area contributed by atoms with E-state index in [4.69, 9.17) is 32.7 Å². The van der Waals surface area contributed by atoms with E-state index in [-0.39, 0.29) is 29.3 Å². The highest BCUT2D eigenvalue weighted by Gasteiger charge is 2.42. The molecule has 1 N–H and O–H groups in total. The van der Waals surface area contributed by atoms with E-state index in [0.717, 1.165) is 12.0 Å². The van der Waals surface area contributed by atoms with Gasteiger partial charge in [0.05, 0.1) is 30.7 Å². The second-order valence-corrected chi connectivity index (χ2v) is 9.47. The predicted octanol–water partition coefficient (Wildman–Crippen LogP) is 5.03. The number of amides is 2. The number of carbonyl (C=O) groups is 2. The number of hydrogen-bond donors (Lipinski definition) is 1. The van der Waals surface area contributed by atoms with Gasteiger partial charge in [-0.15, -0.1) is 0 Å². The molecule has 0 unspecified atom stereocenters. The summed E-state index contributed by atoms with van der Waals surface area (Å²) in [6.07, 6.45) is 0.887. The van der Waals surface area contributed by atoms with Crippen molar-refractivity contribution in [1.82, 2.24) is 10.2 Å². The highest BCUT2D eigenvalue weighted by molar-refractivity contribution is 6.36. The standard InChI is InChI=1S/C25H30Cl2N2O4/c1-15(2)9-10-28-24(30)21-14-29(25(31)19-7-5-16(26)11-22(19)27)13-20(21)18-8-6-17(32-3)12-23(18)33-4/h5-8,11-12,15,20-21H,9-10,13-14H2,1-4H3,(H,28,30)/t20-,21+/m1/s1. The Balaban J connectivity index is 1.91. The zero-order valence-corrected chi connectivity index (χ0v) is 20.9. The van der Waals surface area contributed by atoms with Crippen LogP contribution >= 0.6 is 23.2 Å². The zero-order valence-electron chi connectivity index (χ0n) is 19.4. The van der Waals surface area contributed by atoms with Crippen LogP contribution in [0.2, 0.25) is 10.0 Å². The van der Waals surface area contributed by atoms with Crippen LogP contribution in [0.1, 0.15) is 42.1 Å². The Labute approximate surface area is 205 Å². The van der Waals surface area contributed by atoms with Crippen molar-refractivity contribution in [3.05, 3.63) is 57.6 Å². The first-order valence-electron chi connectivity index (χ1n) is 11.0. The quantitative estimate of drug-likeness (QED) is 0.560. The molecular weight excluding hydrogens is 463 g/mol. The first-order chi connectivity index (χ1) is 15.7. The Morgan fingerprint density at radius 2 is 1.85 bits per heavy atom. The second-order valence-electron chi connectivity index (χ2n) is 8.63. The van der Waals surface area contributed by atoms with Crippen molar-refractivity contribution in [2.45, 2.75) is 26.2 Å². The summed E-state index contributed by atoms with van der Waals surface area (Å²) in [5, 5.41) is 3.80. The zero-order chi connectivity index (χ0) is 24.1. The lowest BCUT2D eigenvalue weighted by molar-refractivity contribution is -0.124. The van der Waals surface area contributed by atoms with Crippen LogP contribution in [0.3, 0.4) is 0 Å². The number of nitrogens with one attached hydrogen (secondary N) is 1. The molecule has 1 aliphatic rings. The van der Waals surface area contributed by atoms with E-state index in [1.165, 1.54) is 0 Å². The number of halogens is 2. The van der Waals surface area contributed by atoms with Crippen LogP contribution in [0.4, 0.5) is 0 Å². The summed E-state index contributed by atoms with van der Waals surface area (Å²) in [5.74, 6) is 0.805. The Bertz CT molecular complexity index is 1010. The van der Waals surface area contributed by atoms with Gasteiger partial charge >= 0.3 is 0 Å². The summed E-state index contributed by atoms with van der Waals surface area (Å²) >= 11 is 12.3. The molecule has 2 amide bonds. The monoisotopic (exact) mass is 492 g/mol. The molecule has 1 aliphatic heterocycles. The fourth-order valence-corrected chi connectivity index (χ4v) is 4.61. The van der Waals surface area contributed by atoms with E-state index in [1.807, 2.05) is 12.1 Å². The molecule has 0 saturated carbocycles. The smallest absolute Gasteiger partial charge is 0.255 e. The minimum Gasteiger partial charge on any atom is -0.497 e. The van der Waals surface area contributed by atoms with Gasteiger partial charge < -0.3 is 19.7 Å². The van der Waals surface area contributed by atoms with Gasteiger partial charge in [0.1, 0.15) is 11.5 Å². The van der Waals surface area contributed by atoms with Crippen molar-refractivity contribution >= 4 is 35.0 Å². The third kappa shape index (κ3) is 5.92. The molecule has 0 aliphatic carbocycles. The van der Waals surface area contributed by atoms with Crippen molar-refractivity contribution in [2.75, 3.05) is 33.9 Å². The topological polar surface area (TPSA) is 67.9 Å². The summed E-state index contributed by atoms with van der Waals surface area (Å²) in [4.78, 5) is 28.2. The molecule has 1 fully saturated rings. The average molecular weight is 493 g/mol. The van der Waals surface area contributed by atoms with Gasteiger partial charge in [0.2, 0.25) is 5.91 Å². The fourth-order valence-electron chi connectivity index (χ4n) is 4.12. The molecule has 2 aromatic rings. The molecule has 33 heavy (non-hydrogen) atoms. The third-order valence-electron chi connectivity index (χ3n) is 5.97. The number of nitrogens with zero attached hydrogens (tertiary/aromatic N) is 1. The number of hydrogen-bond acceptors (Lipinski definition) is 4. The van der Waals surface area contributed by atoms with Crippen molar-refractivity contribution < 1.29 is 19.1 Å². The largest absolute Gasteiger partial charge is 0.497 e. The van der Waals surface area contributed by atoms with Gasteiger partial charge in [-0.2, -0.15) is 0 Å². The van der Waals surface area contributed by atoms with Crippen molar-refractivity contribution in [3.8, 4) is 11.5 Å². The van der Waals surface area contributed by atoms with E-state index in [2.05, 4.69) is 19.2 Å². The van der Waals surface area contributed by atoms with Crippen molar-refractivity contribution in [3.63, 3.8) is 0 Å². The van der Waals surface area contributed by atoms with Crippen LogP contribution in [0.25, 0.3) is 0 Å². The number of rotatable bonds is 8. The second kappa shape index (κ2) is 11.1. The normalized spacial score (nSPS) is 17.8. The number of benzene rings is 2. The molecule has 0 aromatic heterocycles. The Morgan fingerprint density at radius 3 is 2.48 bits per heavy atom. The molecule has 3 rings (SSSR count). The van der Waals surface area contributed by atoms with Crippen molar-refractivity contribution in [1.29, 1.82) is 0 Å². The van der Waals surface area contributed by atoms with Crippen LogP contribution in [-0.4, -0.2) is 50.6 Å². The van der Waals surface area contributed by atoms with Gasteiger partial charge in [-0.05, 0) is 36.6 Å². The maximum Gasteiger partial charge on any atom is 0.255 e. The van der Waals surface area contributed by atoms with E-state index in [9.17, 15) is 9.59 Å². The molecule has 178 valence electrons. The van der Waals surface area contributed by atoms with Gasteiger partial charge in [-0.1, -0.05) is 43.1 Å². The number of ether oxygens (including phenoxy) is 2. The molecule has 1 heterocycles. The van der Waals surface area contributed by atoms with Gasteiger partial charge in [-0.3, -0.25) is 9.59 Å². The van der Waals surface area contributed by atoms with Gasteiger partial charge in [-0.25, -0.2) is 0 Å². The molecule has 0 radical (unpaired) electrons. The van der Waals surface area contributed by atoms with Crippen LogP contribution in [0, 0.1) is 11.8 Å². The van der Waals surface area contributed by atoms with E-state index in [0.29, 0.717) is 41.1 Å². The minimum atomic E-state index is -0.422. The van der Waals surface area contributed by atoms with E-state index >= 15 is 0 Å². The molecule has 2 aromatic carbocycles. The number of carbonyl (C=O) groups excluding carboxylic acids is 2. The van der Waals surface area contributed by atoms with Gasteiger partial charge in [0, 0.05) is 42.2 Å². The lowest BCUT2D eigenvalue weighted by Crippen LogP contribution is -2.36. The average Bonchev–Trinajstić information content (AvgIpc) is 3.23. The van der Waals surface area contributed by atoms with E-state index in [1.54, 1.807) is 43.4 Å². The first kappa shape index (κ1) is 25.2. The Hall–Kier alpha value is -2.44.